The van der Waals surface area contributed by atoms with Gasteiger partial charge in [-0.3, -0.25) is 4.79 Å². The topological polar surface area (TPSA) is 69.6 Å². The molecule has 76 valence electrons. The van der Waals surface area contributed by atoms with Crippen LogP contribution in [0.2, 0.25) is 0 Å². The lowest BCUT2D eigenvalue weighted by atomic mass is 10.2. The maximum absolute atomic E-state index is 11.0. The van der Waals surface area contributed by atoms with E-state index in [1.807, 2.05) is 0 Å². The van der Waals surface area contributed by atoms with E-state index in [4.69, 9.17) is 10.2 Å². The van der Waals surface area contributed by atoms with Gasteiger partial charge >= 0.3 is 0 Å². The quantitative estimate of drug-likeness (QED) is 0.302. The second-order valence-electron chi connectivity index (χ2n) is 2.78. The van der Waals surface area contributed by atoms with E-state index < -0.39 is 6.23 Å². The predicted octanol–water partition coefficient (Wildman–Crippen LogP) is 0.160. The summed E-state index contributed by atoms with van der Waals surface area (Å²) in [5.74, 6) is -0.190. The third kappa shape index (κ3) is 7.49. The van der Waals surface area contributed by atoms with Gasteiger partial charge in [0.2, 0.25) is 5.91 Å². The van der Waals surface area contributed by atoms with Crippen molar-refractivity contribution in [2.24, 2.45) is 0 Å². The Morgan fingerprint density at radius 2 is 2.15 bits per heavy atom. The van der Waals surface area contributed by atoms with Crippen LogP contribution in [0.25, 0.3) is 0 Å². The highest BCUT2D eigenvalue weighted by Gasteiger charge is 2.03. The first-order valence-corrected chi connectivity index (χ1v) is 4.41. The first-order chi connectivity index (χ1) is 6.20. The standard InChI is InChI=1S/C9H17NO3/c1-2-8(12)10-9(13)6-4-3-5-7-11/h2,8,11-12H,1,3-7H2,(H,10,13). The number of aliphatic hydroxyl groups is 2. The third-order valence-corrected chi connectivity index (χ3v) is 1.59. The Labute approximate surface area is 78.3 Å². The molecule has 1 amide bonds. The van der Waals surface area contributed by atoms with E-state index >= 15 is 0 Å². The Hall–Kier alpha value is -0.870. The molecule has 0 saturated heterocycles. The van der Waals surface area contributed by atoms with Gasteiger partial charge < -0.3 is 15.5 Å². The monoisotopic (exact) mass is 187 g/mol. The lowest BCUT2D eigenvalue weighted by Crippen LogP contribution is -2.32. The van der Waals surface area contributed by atoms with Crippen molar-refractivity contribution in [2.45, 2.75) is 31.9 Å². The number of unbranched alkanes of at least 4 members (excludes halogenated alkanes) is 2. The minimum absolute atomic E-state index is 0.164. The highest BCUT2D eigenvalue weighted by atomic mass is 16.3. The number of carbonyl (C=O) groups excluding carboxylic acids is 1. The first-order valence-electron chi connectivity index (χ1n) is 4.41. The van der Waals surface area contributed by atoms with E-state index in [1.165, 1.54) is 6.08 Å². The molecule has 0 aliphatic heterocycles. The van der Waals surface area contributed by atoms with E-state index in [-0.39, 0.29) is 12.5 Å². The van der Waals surface area contributed by atoms with Gasteiger partial charge in [0.25, 0.3) is 0 Å². The van der Waals surface area contributed by atoms with E-state index in [0.717, 1.165) is 19.3 Å². The molecule has 0 aromatic carbocycles. The van der Waals surface area contributed by atoms with Crippen LogP contribution in [0.1, 0.15) is 25.7 Å². The number of hydrogen-bond acceptors (Lipinski definition) is 3. The minimum atomic E-state index is -0.953. The molecule has 0 saturated carbocycles. The number of rotatable bonds is 7. The molecule has 1 unspecified atom stereocenters. The molecule has 0 heterocycles. The van der Waals surface area contributed by atoms with Crippen molar-refractivity contribution in [3.63, 3.8) is 0 Å². The number of carbonyl (C=O) groups is 1. The lowest BCUT2D eigenvalue weighted by molar-refractivity contribution is -0.123. The van der Waals surface area contributed by atoms with Crippen molar-refractivity contribution in [1.82, 2.24) is 5.32 Å². The second-order valence-corrected chi connectivity index (χ2v) is 2.78. The molecule has 0 aliphatic carbocycles. The summed E-state index contributed by atoms with van der Waals surface area (Å²) >= 11 is 0. The molecule has 3 N–H and O–H groups in total. The molecule has 4 nitrogen and oxygen atoms in total. The summed E-state index contributed by atoms with van der Waals surface area (Å²) in [5.41, 5.74) is 0. The Morgan fingerprint density at radius 3 is 2.69 bits per heavy atom. The summed E-state index contributed by atoms with van der Waals surface area (Å²) in [4.78, 5) is 11.0. The Bertz CT molecular complexity index is 159. The highest BCUT2D eigenvalue weighted by molar-refractivity contribution is 5.76. The van der Waals surface area contributed by atoms with E-state index in [2.05, 4.69) is 11.9 Å². The summed E-state index contributed by atoms with van der Waals surface area (Å²) in [7, 11) is 0. The SMILES string of the molecule is C=CC(O)NC(=O)CCCCCO. The fraction of sp³-hybridized carbons (Fsp3) is 0.667. The van der Waals surface area contributed by atoms with Crippen molar-refractivity contribution >= 4 is 5.91 Å². The van der Waals surface area contributed by atoms with Gasteiger partial charge in [0.15, 0.2) is 0 Å². The average Bonchev–Trinajstić information content (AvgIpc) is 2.12. The molecule has 0 rings (SSSR count). The van der Waals surface area contributed by atoms with Crippen molar-refractivity contribution < 1.29 is 15.0 Å². The maximum atomic E-state index is 11.0. The van der Waals surface area contributed by atoms with Crippen LogP contribution in [0, 0.1) is 0 Å². The molecule has 13 heavy (non-hydrogen) atoms. The molecule has 1 atom stereocenters. The van der Waals surface area contributed by atoms with Gasteiger partial charge in [0.05, 0.1) is 0 Å². The molecule has 0 radical (unpaired) electrons. The molecule has 0 spiro atoms. The van der Waals surface area contributed by atoms with Crippen LogP contribution < -0.4 is 5.32 Å². The average molecular weight is 187 g/mol. The minimum Gasteiger partial charge on any atom is -0.396 e. The second kappa shape index (κ2) is 7.76. The Morgan fingerprint density at radius 1 is 1.46 bits per heavy atom. The van der Waals surface area contributed by atoms with Crippen LogP contribution in [0.5, 0.6) is 0 Å². The van der Waals surface area contributed by atoms with Crippen LogP contribution in [-0.4, -0.2) is 29.0 Å². The molecule has 0 aliphatic rings. The molecule has 0 bridgehead atoms. The van der Waals surface area contributed by atoms with Gasteiger partial charge in [-0.05, 0) is 18.9 Å². The predicted molar refractivity (Wildman–Crippen MR) is 49.9 cm³/mol. The summed E-state index contributed by atoms with van der Waals surface area (Å²) in [5, 5.41) is 19.7. The van der Waals surface area contributed by atoms with Crippen LogP contribution >= 0.6 is 0 Å². The van der Waals surface area contributed by atoms with Crippen LogP contribution in [0.3, 0.4) is 0 Å². The summed E-state index contributed by atoms with van der Waals surface area (Å²) in [6.07, 6.45) is 2.96. The summed E-state index contributed by atoms with van der Waals surface area (Å²) in [6.45, 7) is 3.49. The number of hydrogen-bond donors (Lipinski definition) is 3. The molecule has 0 aromatic heterocycles. The zero-order valence-electron chi connectivity index (χ0n) is 7.70. The van der Waals surface area contributed by atoms with Crippen molar-refractivity contribution in [3.05, 3.63) is 12.7 Å². The fourth-order valence-electron chi connectivity index (χ4n) is 0.870. The first kappa shape index (κ1) is 12.1. The largest absolute Gasteiger partial charge is 0.396 e. The third-order valence-electron chi connectivity index (χ3n) is 1.59. The van der Waals surface area contributed by atoms with Crippen LogP contribution in [-0.2, 0) is 4.79 Å². The Balaban J connectivity index is 3.35. The van der Waals surface area contributed by atoms with Gasteiger partial charge in [0.1, 0.15) is 6.23 Å². The molecule has 0 aromatic rings. The van der Waals surface area contributed by atoms with Gasteiger partial charge in [-0.15, -0.1) is 0 Å². The maximum Gasteiger partial charge on any atom is 0.222 e. The summed E-state index contributed by atoms with van der Waals surface area (Å²) < 4.78 is 0. The van der Waals surface area contributed by atoms with Crippen molar-refractivity contribution in [3.8, 4) is 0 Å². The van der Waals surface area contributed by atoms with Crippen LogP contribution in [0.15, 0.2) is 12.7 Å². The number of amides is 1. The molecule has 4 heteroatoms. The van der Waals surface area contributed by atoms with Crippen molar-refractivity contribution in [1.29, 1.82) is 0 Å². The Kier molecular flexibility index (Phi) is 7.24. The van der Waals surface area contributed by atoms with E-state index in [0.29, 0.717) is 6.42 Å². The molecule has 0 fully saturated rings. The zero-order chi connectivity index (χ0) is 10.1. The van der Waals surface area contributed by atoms with E-state index in [1.54, 1.807) is 0 Å². The summed E-state index contributed by atoms with van der Waals surface area (Å²) in [6, 6.07) is 0. The molecular weight excluding hydrogens is 170 g/mol. The van der Waals surface area contributed by atoms with Gasteiger partial charge in [-0.2, -0.15) is 0 Å². The lowest BCUT2D eigenvalue weighted by Gasteiger charge is -2.07. The van der Waals surface area contributed by atoms with Gasteiger partial charge in [-0.25, -0.2) is 0 Å². The normalized spacial score (nSPS) is 12.2. The van der Waals surface area contributed by atoms with Crippen LogP contribution in [0.4, 0.5) is 0 Å². The number of aliphatic hydroxyl groups excluding tert-OH is 2. The fourth-order valence-corrected chi connectivity index (χ4v) is 0.870. The highest BCUT2D eigenvalue weighted by Crippen LogP contribution is 1.98. The zero-order valence-corrected chi connectivity index (χ0v) is 7.70. The van der Waals surface area contributed by atoms with E-state index in [9.17, 15) is 4.79 Å². The van der Waals surface area contributed by atoms with Crippen molar-refractivity contribution in [2.75, 3.05) is 6.61 Å². The van der Waals surface area contributed by atoms with Gasteiger partial charge in [-0.1, -0.05) is 13.0 Å². The smallest absolute Gasteiger partial charge is 0.222 e. The number of nitrogens with one attached hydrogen (secondary N) is 1. The van der Waals surface area contributed by atoms with Gasteiger partial charge in [0, 0.05) is 13.0 Å². The molecular formula is C9H17NO3.